The van der Waals surface area contributed by atoms with E-state index in [-0.39, 0.29) is 5.69 Å². The molecule has 2 rings (SSSR count). The largest absolute Gasteiger partial charge is 0.396 e. The van der Waals surface area contributed by atoms with Gasteiger partial charge in [0, 0.05) is 12.3 Å². The number of hydrogen-bond acceptors (Lipinski definition) is 4. The standard InChI is InChI=1S/C12H11F2N3O2S/c1-7-11(3-2-4-16-7)17-20(18,19)12-6-10(15)8(13)5-9(12)14/h2-6,17H,15H2,1H3. The third-order valence-corrected chi connectivity index (χ3v) is 3.97. The molecule has 2 aromatic rings. The number of sulfonamides is 1. The van der Waals surface area contributed by atoms with Crippen LogP contribution in [0.4, 0.5) is 20.2 Å². The molecule has 0 saturated carbocycles. The van der Waals surface area contributed by atoms with Crippen LogP contribution in [0.15, 0.2) is 35.4 Å². The average molecular weight is 299 g/mol. The lowest BCUT2D eigenvalue weighted by atomic mass is 10.3. The number of anilines is 2. The lowest BCUT2D eigenvalue weighted by molar-refractivity contribution is 0.553. The van der Waals surface area contributed by atoms with E-state index in [1.165, 1.54) is 18.3 Å². The fraction of sp³-hybridized carbons (Fsp3) is 0.0833. The molecule has 0 spiro atoms. The summed E-state index contributed by atoms with van der Waals surface area (Å²) >= 11 is 0. The number of benzene rings is 1. The molecule has 1 heterocycles. The first kappa shape index (κ1) is 14.2. The van der Waals surface area contributed by atoms with Gasteiger partial charge >= 0.3 is 0 Å². The maximum Gasteiger partial charge on any atom is 0.264 e. The van der Waals surface area contributed by atoms with Gasteiger partial charge in [-0.2, -0.15) is 0 Å². The maximum atomic E-state index is 13.6. The number of rotatable bonds is 3. The van der Waals surface area contributed by atoms with Gasteiger partial charge in [0.05, 0.1) is 17.1 Å². The van der Waals surface area contributed by atoms with E-state index in [2.05, 4.69) is 9.71 Å². The summed E-state index contributed by atoms with van der Waals surface area (Å²) in [5.74, 6) is -2.23. The minimum atomic E-state index is -4.22. The highest BCUT2D eigenvalue weighted by atomic mass is 32.2. The molecule has 0 unspecified atom stereocenters. The smallest absolute Gasteiger partial charge is 0.264 e. The van der Waals surface area contributed by atoms with Gasteiger partial charge < -0.3 is 5.73 Å². The molecule has 0 radical (unpaired) electrons. The van der Waals surface area contributed by atoms with Gasteiger partial charge in [-0.1, -0.05) is 0 Å². The van der Waals surface area contributed by atoms with Crippen molar-refractivity contribution in [3.63, 3.8) is 0 Å². The predicted octanol–water partition coefficient (Wildman–Crippen LogP) is 2.05. The van der Waals surface area contributed by atoms with E-state index in [1.807, 2.05) is 0 Å². The monoisotopic (exact) mass is 299 g/mol. The molecule has 1 aromatic heterocycles. The van der Waals surface area contributed by atoms with Crippen LogP contribution in [0, 0.1) is 18.6 Å². The zero-order valence-corrected chi connectivity index (χ0v) is 11.2. The highest BCUT2D eigenvalue weighted by Crippen LogP contribution is 2.24. The van der Waals surface area contributed by atoms with Crippen LogP contribution in [0.5, 0.6) is 0 Å². The van der Waals surface area contributed by atoms with Crippen molar-refractivity contribution in [1.82, 2.24) is 4.98 Å². The van der Waals surface area contributed by atoms with E-state index in [4.69, 9.17) is 5.73 Å². The van der Waals surface area contributed by atoms with Crippen molar-refractivity contribution < 1.29 is 17.2 Å². The van der Waals surface area contributed by atoms with Crippen molar-refractivity contribution >= 4 is 21.4 Å². The van der Waals surface area contributed by atoms with Gasteiger partial charge in [0.2, 0.25) is 0 Å². The van der Waals surface area contributed by atoms with Crippen LogP contribution < -0.4 is 10.5 Å². The Labute approximate surface area is 114 Å². The number of hydrogen-bond donors (Lipinski definition) is 2. The van der Waals surface area contributed by atoms with Crippen molar-refractivity contribution in [2.45, 2.75) is 11.8 Å². The van der Waals surface area contributed by atoms with Gasteiger partial charge in [-0.25, -0.2) is 17.2 Å². The lowest BCUT2D eigenvalue weighted by Crippen LogP contribution is -2.16. The molecule has 0 fully saturated rings. The Morgan fingerprint density at radius 1 is 1.25 bits per heavy atom. The normalized spacial score (nSPS) is 11.3. The van der Waals surface area contributed by atoms with Gasteiger partial charge in [0.25, 0.3) is 10.0 Å². The number of nitrogens with zero attached hydrogens (tertiary/aromatic N) is 1. The third kappa shape index (κ3) is 2.69. The molecular formula is C12H11F2N3O2S. The number of nitrogen functional groups attached to an aromatic ring is 1. The van der Waals surface area contributed by atoms with Crippen molar-refractivity contribution in [2.24, 2.45) is 0 Å². The van der Waals surface area contributed by atoms with Crippen molar-refractivity contribution in [2.75, 3.05) is 10.5 Å². The molecule has 5 nitrogen and oxygen atoms in total. The molecule has 0 aliphatic heterocycles. The first-order chi connectivity index (χ1) is 9.31. The molecule has 106 valence electrons. The lowest BCUT2D eigenvalue weighted by Gasteiger charge is -2.11. The summed E-state index contributed by atoms with van der Waals surface area (Å²) in [6.45, 7) is 1.59. The van der Waals surface area contributed by atoms with Crippen LogP contribution >= 0.6 is 0 Å². The van der Waals surface area contributed by atoms with Crippen LogP contribution in [-0.2, 0) is 10.0 Å². The summed E-state index contributed by atoms with van der Waals surface area (Å²) in [7, 11) is -4.22. The molecule has 0 bridgehead atoms. The molecule has 0 saturated heterocycles. The third-order valence-electron chi connectivity index (χ3n) is 2.59. The molecule has 3 N–H and O–H groups in total. The minimum absolute atomic E-state index is 0.204. The zero-order valence-electron chi connectivity index (χ0n) is 10.4. The minimum Gasteiger partial charge on any atom is -0.396 e. The second kappa shape index (κ2) is 5.04. The topological polar surface area (TPSA) is 85.1 Å². The van der Waals surface area contributed by atoms with Crippen molar-refractivity contribution in [3.8, 4) is 0 Å². The predicted molar refractivity (Wildman–Crippen MR) is 70.6 cm³/mol. The molecular weight excluding hydrogens is 288 g/mol. The Kier molecular flexibility index (Phi) is 3.58. The number of aryl methyl sites for hydroxylation is 1. The molecule has 0 amide bonds. The van der Waals surface area contributed by atoms with Crippen LogP contribution in [-0.4, -0.2) is 13.4 Å². The number of nitrogens with one attached hydrogen (secondary N) is 1. The van der Waals surface area contributed by atoms with Gasteiger partial charge in [-0.05, 0) is 25.1 Å². The van der Waals surface area contributed by atoms with Crippen LogP contribution in [0.25, 0.3) is 0 Å². The second-order valence-electron chi connectivity index (χ2n) is 4.05. The van der Waals surface area contributed by atoms with E-state index in [0.29, 0.717) is 11.8 Å². The summed E-state index contributed by atoms with van der Waals surface area (Å²) in [6.07, 6.45) is 1.49. The zero-order chi connectivity index (χ0) is 14.9. The number of nitrogens with two attached hydrogens (primary N) is 1. The summed E-state index contributed by atoms with van der Waals surface area (Å²) in [4.78, 5) is 3.18. The number of halogens is 2. The Bertz CT molecular complexity index is 763. The Balaban J connectivity index is 2.47. The fourth-order valence-electron chi connectivity index (χ4n) is 1.54. The van der Waals surface area contributed by atoms with E-state index in [0.717, 1.165) is 6.07 Å². The molecule has 0 aliphatic carbocycles. The van der Waals surface area contributed by atoms with E-state index in [9.17, 15) is 17.2 Å². The molecule has 0 aliphatic rings. The van der Waals surface area contributed by atoms with Crippen LogP contribution in [0.2, 0.25) is 0 Å². The Morgan fingerprint density at radius 2 is 1.95 bits per heavy atom. The first-order valence-corrected chi connectivity index (χ1v) is 6.98. The Morgan fingerprint density at radius 3 is 2.60 bits per heavy atom. The summed E-state index contributed by atoms with van der Waals surface area (Å²) in [6, 6.07) is 4.17. The first-order valence-electron chi connectivity index (χ1n) is 5.50. The highest BCUT2D eigenvalue weighted by molar-refractivity contribution is 7.92. The van der Waals surface area contributed by atoms with Crippen molar-refractivity contribution in [1.29, 1.82) is 0 Å². The SMILES string of the molecule is Cc1ncccc1NS(=O)(=O)c1cc(N)c(F)cc1F. The fourth-order valence-corrected chi connectivity index (χ4v) is 2.76. The van der Waals surface area contributed by atoms with Gasteiger partial charge in [-0.3, -0.25) is 9.71 Å². The molecule has 20 heavy (non-hydrogen) atoms. The summed E-state index contributed by atoms with van der Waals surface area (Å²) in [5, 5.41) is 0. The van der Waals surface area contributed by atoms with Crippen LogP contribution in [0.1, 0.15) is 5.69 Å². The molecule has 8 heteroatoms. The number of aromatic nitrogens is 1. The maximum absolute atomic E-state index is 13.6. The van der Waals surface area contributed by atoms with Gasteiger partial charge in [0.15, 0.2) is 0 Å². The second-order valence-corrected chi connectivity index (χ2v) is 5.70. The van der Waals surface area contributed by atoms with E-state index < -0.39 is 32.2 Å². The highest BCUT2D eigenvalue weighted by Gasteiger charge is 2.22. The van der Waals surface area contributed by atoms with Crippen LogP contribution in [0.3, 0.4) is 0 Å². The summed E-state index contributed by atoms with van der Waals surface area (Å²) in [5.41, 5.74) is 5.44. The summed E-state index contributed by atoms with van der Waals surface area (Å²) < 4.78 is 53.0. The van der Waals surface area contributed by atoms with Gasteiger partial charge in [-0.15, -0.1) is 0 Å². The Hall–Kier alpha value is -2.22. The number of pyridine rings is 1. The molecule has 0 atom stereocenters. The quantitative estimate of drug-likeness (QED) is 0.849. The van der Waals surface area contributed by atoms with E-state index >= 15 is 0 Å². The van der Waals surface area contributed by atoms with Gasteiger partial charge in [0.1, 0.15) is 16.5 Å². The molecule has 1 aromatic carbocycles. The van der Waals surface area contributed by atoms with E-state index in [1.54, 1.807) is 6.92 Å². The van der Waals surface area contributed by atoms with Crippen molar-refractivity contribution in [3.05, 3.63) is 47.8 Å². The average Bonchev–Trinajstić information content (AvgIpc) is 2.36.